The first-order chi connectivity index (χ1) is 8.17. The first-order valence-corrected chi connectivity index (χ1v) is 5.70. The fourth-order valence-corrected chi connectivity index (χ4v) is 1.84. The number of ether oxygens (including phenoxy) is 2. The first-order valence-electron chi connectivity index (χ1n) is 5.70. The van der Waals surface area contributed by atoms with Gasteiger partial charge in [-0.15, -0.1) is 0 Å². The van der Waals surface area contributed by atoms with E-state index in [1.807, 2.05) is 33.0 Å². The van der Waals surface area contributed by atoms with E-state index in [4.69, 9.17) is 9.47 Å². The van der Waals surface area contributed by atoms with E-state index in [2.05, 4.69) is 11.4 Å². The largest absolute Gasteiger partial charge is 0.496 e. The zero-order chi connectivity index (χ0) is 12.8. The molecule has 0 saturated heterocycles. The molecule has 1 aromatic carbocycles. The molecule has 3 nitrogen and oxygen atoms in total. The molecule has 0 atom stereocenters. The molecule has 0 heterocycles. The summed E-state index contributed by atoms with van der Waals surface area (Å²) in [5.74, 6) is 1.77. The maximum Gasteiger partial charge on any atom is 0.126 e. The monoisotopic (exact) mass is 235 g/mol. The number of nitrogens with one attached hydrogen (secondary N) is 1. The predicted octanol–water partition coefficient (Wildman–Crippen LogP) is 2.63. The number of allylic oxidation sites excluding steroid dienone is 1. The highest BCUT2D eigenvalue weighted by Crippen LogP contribution is 2.32. The molecule has 0 fully saturated rings. The van der Waals surface area contributed by atoms with Crippen molar-refractivity contribution < 1.29 is 9.47 Å². The standard InChI is InChI=1S/C14H21NO2/c1-6-11(9-15-3)12-8-13(16-4)10(2)7-14(12)17-5/h6-8,15H,9H2,1-5H3/b11-6+. The lowest BCUT2D eigenvalue weighted by molar-refractivity contribution is 0.399. The van der Waals surface area contributed by atoms with E-state index in [0.29, 0.717) is 0 Å². The maximum atomic E-state index is 5.43. The number of likely N-dealkylation sites (N-methyl/N-ethyl adjacent to an activating group) is 1. The lowest BCUT2D eigenvalue weighted by Crippen LogP contribution is -2.10. The number of rotatable bonds is 5. The Morgan fingerprint density at radius 2 is 1.88 bits per heavy atom. The first kappa shape index (κ1) is 13.6. The molecule has 1 N–H and O–H groups in total. The summed E-state index contributed by atoms with van der Waals surface area (Å²) in [5, 5.41) is 3.16. The van der Waals surface area contributed by atoms with Crippen LogP contribution in [0.2, 0.25) is 0 Å². The molecular weight excluding hydrogens is 214 g/mol. The molecule has 0 aliphatic rings. The molecule has 0 aliphatic heterocycles. The van der Waals surface area contributed by atoms with Gasteiger partial charge in [-0.05, 0) is 44.2 Å². The van der Waals surface area contributed by atoms with Crippen LogP contribution in [0, 0.1) is 6.92 Å². The fraction of sp³-hybridized carbons (Fsp3) is 0.429. The highest BCUT2D eigenvalue weighted by Gasteiger charge is 2.11. The van der Waals surface area contributed by atoms with Gasteiger partial charge in [-0.2, -0.15) is 0 Å². The summed E-state index contributed by atoms with van der Waals surface area (Å²) in [6, 6.07) is 4.04. The smallest absolute Gasteiger partial charge is 0.126 e. The highest BCUT2D eigenvalue weighted by molar-refractivity contribution is 5.73. The molecule has 0 aliphatic carbocycles. The average Bonchev–Trinajstić information content (AvgIpc) is 2.35. The van der Waals surface area contributed by atoms with Gasteiger partial charge in [-0.25, -0.2) is 0 Å². The van der Waals surface area contributed by atoms with Crippen LogP contribution in [0.3, 0.4) is 0 Å². The molecule has 1 rings (SSSR count). The van der Waals surface area contributed by atoms with Crippen molar-refractivity contribution in [3.8, 4) is 11.5 Å². The molecule has 3 heteroatoms. The topological polar surface area (TPSA) is 30.5 Å². The number of benzene rings is 1. The number of hydrogen-bond acceptors (Lipinski definition) is 3. The molecule has 0 unspecified atom stereocenters. The van der Waals surface area contributed by atoms with Crippen molar-refractivity contribution in [2.75, 3.05) is 27.8 Å². The van der Waals surface area contributed by atoms with Gasteiger partial charge in [0.2, 0.25) is 0 Å². The van der Waals surface area contributed by atoms with Crippen LogP contribution in [0.25, 0.3) is 5.57 Å². The molecular formula is C14H21NO2. The Kier molecular flexibility index (Phi) is 5.04. The second-order valence-corrected chi connectivity index (χ2v) is 3.87. The fourth-order valence-electron chi connectivity index (χ4n) is 1.84. The van der Waals surface area contributed by atoms with Crippen molar-refractivity contribution in [2.45, 2.75) is 13.8 Å². The zero-order valence-electron chi connectivity index (χ0n) is 11.3. The Bertz CT molecular complexity index is 411. The number of hydrogen-bond donors (Lipinski definition) is 1. The van der Waals surface area contributed by atoms with Crippen molar-refractivity contribution in [3.63, 3.8) is 0 Å². The summed E-state index contributed by atoms with van der Waals surface area (Å²) in [6.45, 7) is 4.84. The van der Waals surface area contributed by atoms with Gasteiger partial charge in [0.25, 0.3) is 0 Å². The minimum atomic E-state index is 0.805. The summed E-state index contributed by atoms with van der Waals surface area (Å²) in [5.41, 5.74) is 3.35. The average molecular weight is 235 g/mol. The van der Waals surface area contributed by atoms with Gasteiger partial charge in [-0.1, -0.05) is 6.08 Å². The van der Waals surface area contributed by atoms with Crippen molar-refractivity contribution in [3.05, 3.63) is 29.3 Å². The van der Waals surface area contributed by atoms with Crippen LogP contribution in [0.1, 0.15) is 18.1 Å². The number of aryl methyl sites for hydroxylation is 1. The minimum Gasteiger partial charge on any atom is -0.496 e. The normalized spacial score (nSPS) is 11.5. The van der Waals surface area contributed by atoms with Crippen molar-refractivity contribution in [2.24, 2.45) is 0 Å². The van der Waals surface area contributed by atoms with E-state index < -0.39 is 0 Å². The van der Waals surface area contributed by atoms with Gasteiger partial charge in [0.15, 0.2) is 0 Å². The molecule has 0 spiro atoms. The zero-order valence-corrected chi connectivity index (χ0v) is 11.3. The quantitative estimate of drug-likeness (QED) is 0.851. The Hall–Kier alpha value is -1.48. The van der Waals surface area contributed by atoms with Crippen LogP contribution in [0.5, 0.6) is 11.5 Å². The summed E-state index contributed by atoms with van der Waals surface area (Å²) in [7, 11) is 5.31. The van der Waals surface area contributed by atoms with E-state index >= 15 is 0 Å². The number of methoxy groups -OCH3 is 2. The molecule has 17 heavy (non-hydrogen) atoms. The van der Waals surface area contributed by atoms with E-state index in [1.165, 1.54) is 5.57 Å². The SMILES string of the molecule is C/C=C(\CNC)c1cc(OC)c(C)cc1OC. The lowest BCUT2D eigenvalue weighted by Gasteiger charge is -2.15. The van der Waals surface area contributed by atoms with E-state index in [-0.39, 0.29) is 0 Å². The van der Waals surface area contributed by atoms with Crippen molar-refractivity contribution >= 4 is 5.57 Å². The Balaban J connectivity index is 3.29. The molecule has 0 aromatic heterocycles. The van der Waals surface area contributed by atoms with Crippen LogP contribution < -0.4 is 14.8 Å². The van der Waals surface area contributed by atoms with Crippen LogP contribution >= 0.6 is 0 Å². The van der Waals surface area contributed by atoms with Crippen LogP contribution in [-0.4, -0.2) is 27.8 Å². The lowest BCUT2D eigenvalue weighted by atomic mass is 10.0. The van der Waals surface area contributed by atoms with E-state index in [1.54, 1.807) is 14.2 Å². The highest BCUT2D eigenvalue weighted by atomic mass is 16.5. The van der Waals surface area contributed by atoms with Gasteiger partial charge >= 0.3 is 0 Å². The molecule has 94 valence electrons. The van der Waals surface area contributed by atoms with Gasteiger partial charge in [-0.3, -0.25) is 0 Å². The van der Waals surface area contributed by atoms with Crippen molar-refractivity contribution in [1.82, 2.24) is 5.32 Å². The van der Waals surface area contributed by atoms with Gasteiger partial charge in [0.1, 0.15) is 11.5 Å². The van der Waals surface area contributed by atoms with Gasteiger partial charge in [0, 0.05) is 12.1 Å². The Morgan fingerprint density at radius 1 is 1.24 bits per heavy atom. The van der Waals surface area contributed by atoms with E-state index in [9.17, 15) is 0 Å². The maximum absolute atomic E-state index is 5.43. The summed E-state index contributed by atoms with van der Waals surface area (Å²) >= 11 is 0. The van der Waals surface area contributed by atoms with Crippen molar-refractivity contribution in [1.29, 1.82) is 0 Å². The molecule has 0 bridgehead atoms. The summed E-state index contributed by atoms with van der Waals surface area (Å²) in [6.07, 6.45) is 2.09. The second-order valence-electron chi connectivity index (χ2n) is 3.87. The summed E-state index contributed by atoms with van der Waals surface area (Å²) in [4.78, 5) is 0. The van der Waals surface area contributed by atoms with Gasteiger partial charge < -0.3 is 14.8 Å². The van der Waals surface area contributed by atoms with Crippen LogP contribution in [-0.2, 0) is 0 Å². The third-order valence-electron chi connectivity index (χ3n) is 2.78. The van der Waals surface area contributed by atoms with E-state index in [0.717, 1.165) is 29.2 Å². The molecule has 1 aromatic rings. The third-order valence-corrected chi connectivity index (χ3v) is 2.78. The van der Waals surface area contributed by atoms with Crippen LogP contribution in [0.15, 0.2) is 18.2 Å². The molecule has 0 radical (unpaired) electrons. The van der Waals surface area contributed by atoms with Gasteiger partial charge in [0.05, 0.1) is 14.2 Å². The minimum absolute atomic E-state index is 0.805. The predicted molar refractivity (Wildman–Crippen MR) is 71.9 cm³/mol. The molecule has 0 amide bonds. The second kappa shape index (κ2) is 6.30. The molecule has 0 saturated carbocycles. The Morgan fingerprint density at radius 3 is 2.35 bits per heavy atom. The van der Waals surface area contributed by atoms with Crippen LogP contribution in [0.4, 0.5) is 0 Å². The third kappa shape index (κ3) is 3.01. The summed E-state index contributed by atoms with van der Waals surface area (Å²) < 4.78 is 10.8. The Labute approximate surface area is 103 Å².